The van der Waals surface area contributed by atoms with E-state index in [9.17, 15) is 0 Å². The lowest BCUT2D eigenvalue weighted by Crippen LogP contribution is -2.31. The molecular weight excluding hydrogens is 198 g/mol. The van der Waals surface area contributed by atoms with Crippen LogP contribution in [0.25, 0.3) is 0 Å². The Morgan fingerprint density at radius 2 is 2.19 bits per heavy atom. The summed E-state index contributed by atoms with van der Waals surface area (Å²) in [5, 5.41) is 3.62. The van der Waals surface area contributed by atoms with Crippen molar-refractivity contribution in [1.29, 1.82) is 0 Å². The van der Waals surface area contributed by atoms with Crippen LogP contribution >= 0.6 is 0 Å². The van der Waals surface area contributed by atoms with E-state index in [1.165, 1.54) is 19.3 Å². The first-order valence-corrected chi connectivity index (χ1v) is 6.48. The quantitative estimate of drug-likeness (QED) is 0.728. The molecule has 0 aliphatic carbocycles. The van der Waals surface area contributed by atoms with Crippen molar-refractivity contribution >= 4 is 0 Å². The minimum absolute atomic E-state index is 0.630. The normalized spacial score (nSPS) is 13.2. The third-order valence-electron chi connectivity index (χ3n) is 2.76. The molecule has 1 aromatic rings. The van der Waals surface area contributed by atoms with Crippen molar-refractivity contribution in [2.45, 2.75) is 52.5 Å². The summed E-state index contributed by atoms with van der Waals surface area (Å²) in [6, 6.07) is 4.66. The zero-order valence-electron chi connectivity index (χ0n) is 10.8. The average Bonchev–Trinajstić information content (AvgIpc) is 2.74. The highest BCUT2D eigenvalue weighted by molar-refractivity contribution is 4.98. The van der Waals surface area contributed by atoms with Crippen molar-refractivity contribution in [3.05, 3.63) is 24.2 Å². The molecule has 0 saturated heterocycles. The summed E-state index contributed by atoms with van der Waals surface area (Å²) in [7, 11) is 0. The largest absolute Gasteiger partial charge is 0.469 e. The fraction of sp³-hybridized carbons (Fsp3) is 0.714. The van der Waals surface area contributed by atoms with E-state index in [-0.39, 0.29) is 0 Å². The number of hydrogen-bond acceptors (Lipinski definition) is 2. The second kappa shape index (κ2) is 7.50. The van der Waals surface area contributed by atoms with Gasteiger partial charge in [0.05, 0.1) is 6.26 Å². The van der Waals surface area contributed by atoms with Gasteiger partial charge in [-0.25, -0.2) is 0 Å². The molecule has 16 heavy (non-hydrogen) atoms. The molecule has 1 heterocycles. The van der Waals surface area contributed by atoms with Gasteiger partial charge in [0, 0.05) is 12.5 Å². The standard InChI is InChI=1S/C14H25NO/c1-4-9-15-13(11-12(2)3)7-8-14-6-5-10-16-14/h5-6,10,12-13,15H,4,7-9,11H2,1-3H3. The molecule has 0 aromatic carbocycles. The first kappa shape index (κ1) is 13.3. The monoisotopic (exact) mass is 223 g/mol. The first-order chi connectivity index (χ1) is 7.72. The number of furan rings is 1. The number of aryl methyl sites for hydroxylation is 1. The highest BCUT2D eigenvalue weighted by Gasteiger charge is 2.10. The zero-order chi connectivity index (χ0) is 11.8. The van der Waals surface area contributed by atoms with E-state index in [4.69, 9.17) is 4.42 Å². The highest BCUT2D eigenvalue weighted by Crippen LogP contribution is 2.12. The molecule has 0 saturated carbocycles. The number of nitrogens with one attached hydrogen (secondary N) is 1. The van der Waals surface area contributed by atoms with E-state index >= 15 is 0 Å². The van der Waals surface area contributed by atoms with Gasteiger partial charge in [-0.05, 0) is 43.9 Å². The summed E-state index contributed by atoms with van der Waals surface area (Å²) < 4.78 is 5.37. The van der Waals surface area contributed by atoms with Crippen molar-refractivity contribution < 1.29 is 4.42 Å². The first-order valence-electron chi connectivity index (χ1n) is 6.48. The Labute approximate surface area is 99.4 Å². The van der Waals surface area contributed by atoms with E-state index in [0.717, 1.165) is 24.6 Å². The molecule has 1 unspecified atom stereocenters. The topological polar surface area (TPSA) is 25.2 Å². The third-order valence-corrected chi connectivity index (χ3v) is 2.76. The summed E-state index contributed by atoms with van der Waals surface area (Å²) in [4.78, 5) is 0. The van der Waals surface area contributed by atoms with Crippen LogP contribution in [0.4, 0.5) is 0 Å². The molecule has 1 atom stereocenters. The van der Waals surface area contributed by atoms with Gasteiger partial charge < -0.3 is 9.73 Å². The van der Waals surface area contributed by atoms with Crippen LogP contribution in [0.5, 0.6) is 0 Å². The van der Waals surface area contributed by atoms with E-state index in [1.54, 1.807) is 6.26 Å². The van der Waals surface area contributed by atoms with Gasteiger partial charge in [0.25, 0.3) is 0 Å². The lowest BCUT2D eigenvalue weighted by atomic mass is 9.99. The molecule has 0 radical (unpaired) electrons. The van der Waals surface area contributed by atoms with Crippen molar-refractivity contribution in [2.24, 2.45) is 5.92 Å². The highest BCUT2D eigenvalue weighted by atomic mass is 16.3. The predicted molar refractivity (Wildman–Crippen MR) is 68.6 cm³/mol. The van der Waals surface area contributed by atoms with Crippen LogP contribution < -0.4 is 5.32 Å². The van der Waals surface area contributed by atoms with Crippen LogP contribution in [-0.4, -0.2) is 12.6 Å². The second-order valence-electron chi connectivity index (χ2n) is 4.90. The zero-order valence-corrected chi connectivity index (χ0v) is 10.8. The molecule has 0 aliphatic rings. The Kier molecular flexibility index (Phi) is 6.24. The van der Waals surface area contributed by atoms with Crippen molar-refractivity contribution in [3.63, 3.8) is 0 Å². The minimum Gasteiger partial charge on any atom is -0.469 e. The molecule has 1 N–H and O–H groups in total. The summed E-state index contributed by atoms with van der Waals surface area (Å²) in [5.74, 6) is 1.86. The van der Waals surface area contributed by atoms with Crippen LogP contribution in [0.15, 0.2) is 22.8 Å². The van der Waals surface area contributed by atoms with Gasteiger partial charge in [0.2, 0.25) is 0 Å². The van der Waals surface area contributed by atoms with Gasteiger partial charge in [-0.3, -0.25) is 0 Å². The van der Waals surface area contributed by atoms with Crippen molar-refractivity contribution in [2.75, 3.05) is 6.54 Å². The molecule has 92 valence electrons. The van der Waals surface area contributed by atoms with Crippen LogP contribution in [0.3, 0.4) is 0 Å². The predicted octanol–water partition coefficient (Wildman–Crippen LogP) is 3.63. The van der Waals surface area contributed by atoms with E-state index in [2.05, 4.69) is 32.2 Å². The molecule has 0 fully saturated rings. The van der Waals surface area contributed by atoms with Crippen LogP contribution in [0.1, 0.15) is 45.8 Å². The smallest absolute Gasteiger partial charge is 0.103 e. The van der Waals surface area contributed by atoms with E-state index < -0.39 is 0 Å². The fourth-order valence-corrected chi connectivity index (χ4v) is 1.99. The molecule has 1 aromatic heterocycles. The van der Waals surface area contributed by atoms with Gasteiger partial charge in [-0.1, -0.05) is 20.8 Å². The maximum absolute atomic E-state index is 5.37. The Hall–Kier alpha value is -0.760. The van der Waals surface area contributed by atoms with E-state index in [1.807, 2.05) is 6.07 Å². The van der Waals surface area contributed by atoms with Crippen molar-refractivity contribution in [1.82, 2.24) is 5.32 Å². The second-order valence-corrected chi connectivity index (χ2v) is 4.90. The Morgan fingerprint density at radius 1 is 1.38 bits per heavy atom. The summed E-state index contributed by atoms with van der Waals surface area (Å²) in [5.41, 5.74) is 0. The van der Waals surface area contributed by atoms with Crippen LogP contribution in [-0.2, 0) is 6.42 Å². The molecule has 0 spiro atoms. The molecule has 0 amide bonds. The maximum atomic E-state index is 5.37. The van der Waals surface area contributed by atoms with Crippen molar-refractivity contribution in [3.8, 4) is 0 Å². The number of rotatable bonds is 8. The number of hydrogen-bond donors (Lipinski definition) is 1. The molecule has 0 aliphatic heterocycles. The Balaban J connectivity index is 2.31. The Bertz CT molecular complexity index is 254. The fourth-order valence-electron chi connectivity index (χ4n) is 1.99. The average molecular weight is 223 g/mol. The summed E-state index contributed by atoms with van der Waals surface area (Å²) >= 11 is 0. The van der Waals surface area contributed by atoms with Gasteiger partial charge in [-0.15, -0.1) is 0 Å². The van der Waals surface area contributed by atoms with Crippen LogP contribution in [0.2, 0.25) is 0 Å². The van der Waals surface area contributed by atoms with Gasteiger partial charge in [-0.2, -0.15) is 0 Å². The molecule has 2 nitrogen and oxygen atoms in total. The summed E-state index contributed by atoms with van der Waals surface area (Å²) in [6.07, 6.45) is 6.43. The summed E-state index contributed by atoms with van der Waals surface area (Å²) in [6.45, 7) is 7.91. The lowest BCUT2D eigenvalue weighted by Gasteiger charge is -2.19. The Morgan fingerprint density at radius 3 is 2.75 bits per heavy atom. The van der Waals surface area contributed by atoms with Gasteiger partial charge in [0.1, 0.15) is 5.76 Å². The van der Waals surface area contributed by atoms with Crippen LogP contribution in [0, 0.1) is 5.92 Å². The lowest BCUT2D eigenvalue weighted by molar-refractivity contribution is 0.385. The maximum Gasteiger partial charge on any atom is 0.103 e. The van der Waals surface area contributed by atoms with E-state index in [0.29, 0.717) is 6.04 Å². The molecule has 0 bridgehead atoms. The SMILES string of the molecule is CCCNC(CCc1ccco1)CC(C)C. The molecular formula is C14H25NO. The molecule has 2 heteroatoms. The molecule has 1 rings (SSSR count). The van der Waals surface area contributed by atoms with Gasteiger partial charge in [0.15, 0.2) is 0 Å². The van der Waals surface area contributed by atoms with Gasteiger partial charge >= 0.3 is 0 Å². The third kappa shape index (κ3) is 5.36. The minimum atomic E-state index is 0.630.